The number of aromatic amines is 1. The number of H-pyrrole nitrogens is 1. The number of nitrogens with one attached hydrogen (secondary N) is 2. The molecule has 0 aliphatic rings. The van der Waals surface area contributed by atoms with Crippen molar-refractivity contribution >= 4 is 17.1 Å². The Morgan fingerprint density at radius 2 is 1.95 bits per heavy atom. The first kappa shape index (κ1) is 24.1. The number of ether oxygens (including phenoxy) is 1. The highest BCUT2D eigenvalue weighted by Gasteiger charge is 2.24. The molecule has 0 fully saturated rings. The van der Waals surface area contributed by atoms with Crippen molar-refractivity contribution in [2.45, 2.75) is 32.7 Å². The van der Waals surface area contributed by atoms with Crippen molar-refractivity contribution in [1.29, 1.82) is 0 Å². The predicted octanol–water partition coefficient (Wildman–Crippen LogP) is 5.05. The molecule has 0 unspecified atom stereocenters. The van der Waals surface area contributed by atoms with E-state index in [0.29, 0.717) is 39.8 Å². The van der Waals surface area contributed by atoms with Gasteiger partial charge in [0.05, 0.1) is 12.6 Å². The fourth-order valence-electron chi connectivity index (χ4n) is 3.79. The lowest BCUT2D eigenvalue weighted by molar-refractivity contribution is 0.0937. The average molecular weight is 501 g/mol. The lowest BCUT2D eigenvalue weighted by Crippen LogP contribution is -2.24. The maximum atomic E-state index is 15.0. The number of hydrogen-bond acceptors (Lipinski definition) is 7. The van der Waals surface area contributed by atoms with Crippen molar-refractivity contribution in [3.63, 3.8) is 0 Å². The first-order chi connectivity index (χ1) is 17.7. The largest absolute Gasteiger partial charge is 0.497 e. The van der Waals surface area contributed by atoms with Crippen LogP contribution in [0.2, 0.25) is 0 Å². The molecule has 188 valence electrons. The third kappa shape index (κ3) is 4.90. The second-order valence-corrected chi connectivity index (χ2v) is 9.54. The van der Waals surface area contributed by atoms with E-state index in [0.717, 1.165) is 11.1 Å². The number of methoxy groups -OCH3 is 1. The normalized spacial score (nSPS) is 11.6. The summed E-state index contributed by atoms with van der Waals surface area (Å²) in [5.41, 5.74) is 3.39. The predicted molar refractivity (Wildman–Crippen MR) is 135 cm³/mol. The molecule has 10 heteroatoms. The van der Waals surface area contributed by atoms with Crippen LogP contribution in [0.15, 0.2) is 59.3 Å². The molecule has 0 saturated heterocycles. The van der Waals surface area contributed by atoms with Gasteiger partial charge in [-0.15, -0.1) is 0 Å². The van der Waals surface area contributed by atoms with Crippen LogP contribution in [0, 0.1) is 5.82 Å². The van der Waals surface area contributed by atoms with Gasteiger partial charge in [0.2, 0.25) is 5.89 Å². The number of carbonyl (C=O) groups is 1. The van der Waals surface area contributed by atoms with Crippen LogP contribution in [-0.4, -0.2) is 38.1 Å². The van der Waals surface area contributed by atoms with E-state index in [1.165, 1.54) is 6.07 Å². The number of halogens is 1. The molecular formula is C27H25FN6O3. The SMILES string of the molecule is COc1cccc(-c2nc3nccc(-c4ccc(CNC(=O)c5noc(C(C)(C)C)n5)c(F)c4)c3[nH]2)c1. The summed E-state index contributed by atoms with van der Waals surface area (Å²) in [7, 11) is 1.61. The van der Waals surface area contributed by atoms with Gasteiger partial charge < -0.3 is 19.6 Å². The number of imidazole rings is 1. The number of amides is 1. The molecule has 3 aromatic heterocycles. The van der Waals surface area contributed by atoms with Gasteiger partial charge >= 0.3 is 0 Å². The molecule has 9 nitrogen and oxygen atoms in total. The van der Waals surface area contributed by atoms with Crippen LogP contribution in [0.1, 0.15) is 42.8 Å². The molecule has 0 saturated carbocycles. The fraction of sp³-hybridized carbons (Fsp3) is 0.222. The van der Waals surface area contributed by atoms with Gasteiger partial charge in [0.25, 0.3) is 11.7 Å². The molecule has 0 bridgehead atoms. The molecule has 0 spiro atoms. The van der Waals surface area contributed by atoms with Gasteiger partial charge in [-0.05, 0) is 29.8 Å². The molecule has 0 aliphatic carbocycles. The van der Waals surface area contributed by atoms with Crippen LogP contribution in [0.4, 0.5) is 4.39 Å². The maximum Gasteiger partial charge on any atom is 0.292 e. The first-order valence-electron chi connectivity index (χ1n) is 11.6. The monoisotopic (exact) mass is 500 g/mol. The van der Waals surface area contributed by atoms with E-state index >= 15 is 4.39 Å². The zero-order valence-electron chi connectivity index (χ0n) is 20.8. The number of carbonyl (C=O) groups excluding carboxylic acids is 1. The van der Waals surface area contributed by atoms with Gasteiger partial charge in [-0.2, -0.15) is 4.98 Å². The molecule has 2 N–H and O–H groups in total. The Balaban J connectivity index is 1.37. The number of benzene rings is 2. The molecular weight excluding hydrogens is 475 g/mol. The molecule has 3 heterocycles. The standard InChI is InChI=1S/C27H25FN6O3/c1-27(2,3)26-33-24(34-37-26)25(35)30-14-17-9-8-15(13-20(17)28)19-10-11-29-23-21(19)31-22(32-23)16-6-5-7-18(12-16)36-4/h5-13H,14H2,1-4H3,(H,30,35)(H,29,31,32). The molecule has 0 aliphatic heterocycles. The summed E-state index contributed by atoms with van der Waals surface area (Å²) in [6, 6.07) is 14.2. The minimum absolute atomic E-state index is 0.0276. The third-order valence-corrected chi connectivity index (χ3v) is 5.81. The summed E-state index contributed by atoms with van der Waals surface area (Å²) in [4.78, 5) is 28.8. The van der Waals surface area contributed by atoms with Crippen LogP contribution in [-0.2, 0) is 12.0 Å². The highest BCUT2D eigenvalue weighted by Crippen LogP contribution is 2.30. The minimum Gasteiger partial charge on any atom is -0.497 e. The second-order valence-electron chi connectivity index (χ2n) is 9.54. The topological polar surface area (TPSA) is 119 Å². The average Bonchev–Trinajstić information content (AvgIpc) is 3.56. The summed E-state index contributed by atoms with van der Waals surface area (Å²) in [5.74, 6) is 0.604. The van der Waals surface area contributed by atoms with E-state index in [-0.39, 0.29) is 17.8 Å². The number of fused-ring (bicyclic) bond motifs is 1. The van der Waals surface area contributed by atoms with E-state index in [9.17, 15) is 4.79 Å². The van der Waals surface area contributed by atoms with Gasteiger partial charge in [-0.25, -0.2) is 14.4 Å². The Kier molecular flexibility index (Phi) is 6.16. The summed E-state index contributed by atoms with van der Waals surface area (Å²) < 4.78 is 25.5. The van der Waals surface area contributed by atoms with E-state index < -0.39 is 11.7 Å². The fourth-order valence-corrected chi connectivity index (χ4v) is 3.79. The zero-order chi connectivity index (χ0) is 26.2. The Morgan fingerprint density at radius 3 is 2.68 bits per heavy atom. The summed E-state index contributed by atoms with van der Waals surface area (Å²) in [5, 5.41) is 6.36. The molecule has 0 radical (unpaired) electrons. The second kappa shape index (κ2) is 9.45. The molecule has 37 heavy (non-hydrogen) atoms. The van der Waals surface area contributed by atoms with E-state index in [4.69, 9.17) is 9.26 Å². The Hall–Kier alpha value is -4.60. The lowest BCUT2D eigenvalue weighted by Gasteiger charge is -2.10. The Morgan fingerprint density at radius 1 is 1.11 bits per heavy atom. The maximum absolute atomic E-state index is 15.0. The van der Waals surface area contributed by atoms with Gasteiger partial charge in [-0.1, -0.05) is 50.2 Å². The van der Waals surface area contributed by atoms with Crippen LogP contribution in [0.25, 0.3) is 33.7 Å². The quantitative estimate of drug-likeness (QED) is 0.335. The smallest absolute Gasteiger partial charge is 0.292 e. The third-order valence-electron chi connectivity index (χ3n) is 5.81. The van der Waals surface area contributed by atoms with Crippen molar-refractivity contribution in [3.05, 3.63) is 77.8 Å². The summed E-state index contributed by atoms with van der Waals surface area (Å²) >= 11 is 0. The van der Waals surface area contributed by atoms with Crippen LogP contribution >= 0.6 is 0 Å². The summed E-state index contributed by atoms with van der Waals surface area (Å²) in [6.07, 6.45) is 1.64. The van der Waals surface area contributed by atoms with Crippen LogP contribution in [0.5, 0.6) is 5.75 Å². The van der Waals surface area contributed by atoms with Crippen molar-refractivity contribution in [3.8, 4) is 28.3 Å². The molecule has 0 atom stereocenters. The minimum atomic E-state index is -0.541. The van der Waals surface area contributed by atoms with E-state index in [1.54, 1.807) is 31.5 Å². The van der Waals surface area contributed by atoms with Gasteiger partial charge in [-0.3, -0.25) is 4.79 Å². The summed E-state index contributed by atoms with van der Waals surface area (Å²) in [6.45, 7) is 5.68. The van der Waals surface area contributed by atoms with Gasteiger partial charge in [0.1, 0.15) is 17.4 Å². The van der Waals surface area contributed by atoms with Crippen molar-refractivity contribution in [2.75, 3.05) is 7.11 Å². The van der Waals surface area contributed by atoms with Crippen molar-refractivity contribution < 1.29 is 18.4 Å². The van der Waals surface area contributed by atoms with Crippen LogP contribution < -0.4 is 10.1 Å². The number of aromatic nitrogens is 5. The lowest BCUT2D eigenvalue weighted by atomic mass is 9.97. The number of nitrogens with zero attached hydrogens (tertiary/aromatic N) is 4. The van der Waals surface area contributed by atoms with Crippen molar-refractivity contribution in [1.82, 2.24) is 30.4 Å². The number of rotatable bonds is 6. The molecule has 2 aromatic carbocycles. The molecule has 1 amide bonds. The number of pyridine rings is 1. The highest BCUT2D eigenvalue weighted by molar-refractivity contribution is 5.92. The van der Waals surface area contributed by atoms with Gasteiger partial charge in [0.15, 0.2) is 5.65 Å². The molecule has 5 rings (SSSR count). The molecule has 5 aromatic rings. The van der Waals surface area contributed by atoms with Crippen LogP contribution in [0.3, 0.4) is 0 Å². The van der Waals surface area contributed by atoms with E-state index in [1.807, 2.05) is 45.0 Å². The van der Waals surface area contributed by atoms with Crippen molar-refractivity contribution in [2.24, 2.45) is 0 Å². The number of hydrogen-bond donors (Lipinski definition) is 2. The van der Waals surface area contributed by atoms with Gasteiger partial charge in [0, 0.05) is 34.8 Å². The Labute approximate surface area is 212 Å². The Bertz CT molecular complexity index is 1600. The zero-order valence-corrected chi connectivity index (χ0v) is 20.8. The first-order valence-corrected chi connectivity index (χ1v) is 11.6. The van der Waals surface area contributed by atoms with E-state index in [2.05, 4.69) is 30.4 Å². The highest BCUT2D eigenvalue weighted by atomic mass is 19.1.